The topological polar surface area (TPSA) is 281 Å². The summed E-state index contributed by atoms with van der Waals surface area (Å²) >= 11 is 0. The molecule has 0 aliphatic heterocycles. The third-order valence-corrected chi connectivity index (χ3v) is 8.94. The fourth-order valence-corrected chi connectivity index (χ4v) is 5.20. The van der Waals surface area contributed by atoms with E-state index in [2.05, 4.69) is 0 Å². The van der Waals surface area contributed by atoms with Gasteiger partial charge in [-0.3, -0.25) is 4.79 Å². The Morgan fingerprint density at radius 1 is 0.173 bits per heavy atom. The van der Waals surface area contributed by atoms with Crippen LogP contribution in [0.25, 0.3) is 0 Å². The van der Waals surface area contributed by atoms with Gasteiger partial charge in [0.15, 0.2) is 0 Å². The number of hydrogen-bond donors (Lipinski definition) is 2. The molecule has 0 heterocycles. The molecule has 0 aromatic heterocycles. The predicted molar refractivity (Wildman–Crippen MR) is 272 cm³/mol. The van der Waals surface area contributed by atoms with Crippen LogP contribution >= 0.6 is 0 Å². The molecular formula is C49H100N2O24. The van der Waals surface area contributed by atoms with Crippen molar-refractivity contribution in [1.82, 2.24) is 0 Å². The lowest BCUT2D eigenvalue weighted by Gasteiger charge is -2.09. The van der Waals surface area contributed by atoms with E-state index in [4.69, 9.17) is 120 Å². The number of primary amides is 1. The van der Waals surface area contributed by atoms with E-state index in [0.717, 1.165) is 0 Å². The highest BCUT2D eigenvalue weighted by atomic mass is 16.6. The fourth-order valence-electron chi connectivity index (χ4n) is 5.20. The summed E-state index contributed by atoms with van der Waals surface area (Å²) in [6.45, 7) is 22.8. The second-order valence-electron chi connectivity index (χ2n) is 15.1. The average Bonchev–Trinajstić information content (AvgIpc) is 3.41. The fraction of sp³-hybridized carbons (Fsp3) is 0.980. The average molecular weight is 1100 g/mol. The van der Waals surface area contributed by atoms with Gasteiger partial charge in [0.1, 0.15) is 0 Å². The van der Waals surface area contributed by atoms with Gasteiger partial charge in [0, 0.05) is 13.0 Å². The van der Waals surface area contributed by atoms with Gasteiger partial charge in [0.05, 0.1) is 304 Å². The van der Waals surface area contributed by atoms with Crippen LogP contribution in [0.5, 0.6) is 0 Å². The summed E-state index contributed by atoms with van der Waals surface area (Å²) in [6.07, 6.45) is 0.213. The Morgan fingerprint density at radius 3 is 0.360 bits per heavy atom. The summed E-state index contributed by atoms with van der Waals surface area (Å²) < 4.78 is 126. The summed E-state index contributed by atoms with van der Waals surface area (Å²) in [5, 5.41) is 0. The Balaban J connectivity index is 3.08. The third-order valence-electron chi connectivity index (χ3n) is 8.94. The van der Waals surface area contributed by atoms with Gasteiger partial charge in [-0.15, -0.1) is 0 Å². The lowest BCUT2D eigenvalue weighted by atomic mass is 10.4. The number of nitrogens with two attached hydrogens (primary N) is 2. The van der Waals surface area contributed by atoms with Crippen molar-refractivity contribution < 1.29 is 114 Å². The molecule has 75 heavy (non-hydrogen) atoms. The number of carbonyl (C=O) groups excluding carboxylic acids is 1. The molecule has 26 heteroatoms. The van der Waals surface area contributed by atoms with Crippen molar-refractivity contribution in [2.75, 3.05) is 310 Å². The van der Waals surface area contributed by atoms with Crippen LogP contribution < -0.4 is 11.5 Å². The van der Waals surface area contributed by atoms with Crippen LogP contribution in [0.4, 0.5) is 0 Å². The van der Waals surface area contributed by atoms with E-state index in [0.29, 0.717) is 310 Å². The Bertz CT molecular complexity index is 1040. The van der Waals surface area contributed by atoms with Crippen molar-refractivity contribution in [1.29, 1.82) is 0 Å². The van der Waals surface area contributed by atoms with Gasteiger partial charge in [0.25, 0.3) is 0 Å². The number of ether oxygens (including phenoxy) is 23. The van der Waals surface area contributed by atoms with Gasteiger partial charge in [-0.1, -0.05) is 0 Å². The zero-order valence-electron chi connectivity index (χ0n) is 45.4. The smallest absolute Gasteiger partial charge is 0.219 e. The van der Waals surface area contributed by atoms with Gasteiger partial charge in [0.2, 0.25) is 5.91 Å². The van der Waals surface area contributed by atoms with E-state index in [1.807, 2.05) is 0 Å². The highest BCUT2D eigenvalue weighted by Crippen LogP contribution is 1.91. The normalized spacial score (nSPS) is 11.7. The minimum absolute atomic E-state index is 0.213. The van der Waals surface area contributed by atoms with E-state index in [-0.39, 0.29) is 12.3 Å². The van der Waals surface area contributed by atoms with E-state index >= 15 is 0 Å². The van der Waals surface area contributed by atoms with Gasteiger partial charge < -0.3 is 120 Å². The SMILES string of the molecule is NCCOCCOCCOCCOCCOCCOCCOCCOCCOCCOCCOCCOCCOCCOCCOCCOCCOCCOCCOCCOCCOCCOCCOCCC(N)=O. The zero-order valence-corrected chi connectivity index (χ0v) is 45.4. The first-order valence-corrected chi connectivity index (χ1v) is 26.5. The molecule has 450 valence electrons. The Morgan fingerprint density at radius 2 is 0.267 bits per heavy atom. The predicted octanol–water partition coefficient (Wildman–Crippen LogP) is -0.798. The molecule has 0 atom stereocenters. The minimum atomic E-state index is -0.379. The first-order chi connectivity index (χ1) is 37.3. The summed E-state index contributed by atoms with van der Waals surface area (Å²) in [5.74, 6) is -0.379. The van der Waals surface area contributed by atoms with Crippen LogP contribution in [0.1, 0.15) is 6.42 Å². The molecule has 4 N–H and O–H groups in total. The molecule has 0 saturated heterocycles. The quantitative estimate of drug-likeness (QED) is 0.0706. The third kappa shape index (κ3) is 72.5. The number of amides is 1. The molecular weight excluding hydrogens is 1000 g/mol. The highest BCUT2D eigenvalue weighted by Gasteiger charge is 2.00. The maximum Gasteiger partial charge on any atom is 0.219 e. The van der Waals surface area contributed by atoms with E-state index in [1.54, 1.807) is 0 Å². The Labute approximate surface area is 447 Å². The lowest BCUT2D eigenvalue weighted by molar-refractivity contribution is -0.119. The molecule has 0 radical (unpaired) electrons. The van der Waals surface area contributed by atoms with E-state index in [9.17, 15) is 4.79 Å². The van der Waals surface area contributed by atoms with E-state index < -0.39 is 0 Å². The molecule has 1 amide bonds. The zero-order chi connectivity index (χ0) is 53.8. The van der Waals surface area contributed by atoms with Gasteiger partial charge in [-0.2, -0.15) is 0 Å². The van der Waals surface area contributed by atoms with Gasteiger partial charge >= 0.3 is 0 Å². The van der Waals surface area contributed by atoms with Crippen LogP contribution in [0.15, 0.2) is 0 Å². The summed E-state index contributed by atoms with van der Waals surface area (Å²) in [7, 11) is 0. The maximum atomic E-state index is 10.6. The van der Waals surface area contributed by atoms with Crippen molar-refractivity contribution in [2.24, 2.45) is 11.5 Å². The first kappa shape index (κ1) is 73.5. The van der Waals surface area contributed by atoms with Crippen LogP contribution in [0.3, 0.4) is 0 Å². The highest BCUT2D eigenvalue weighted by molar-refractivity contribution is 5.73. The van der Waals surface area contributed by atoms with Gasteiger partial charge in [-0.05, 0) is 0 Å². The standard InChI is InChI=1S/C49H100N2O24/c50-2-4-54-6-8-56-10-12-58-14-16-60-18-20-62-22-24-64-26-28-66-30-32-68-34-36-70-38-40-72-42-44-74-46-48-75-47-45-73-43-41-71-39-37-69-35-33-67-31-29-65-27-25-63-23-21-61-19-17-59-15-13-57-11-9-55-7-5-53-3-1-49(51)52/h1-48,50H2,(H2,51,52). The molecule has 0 aliphatic carbocycles. The minimum Gasteiger partial charge on any atom is -0.379 e. The summed E-state index contributed by atoms with van der Waals surface area (Å²) in [6, 6.07) is 0. The molecule has 0 bridgehead atoms. The summed E-state index contributed by atoms with van der Waals surface area (Å²) in [4.78, 5) is 10.6. The number of carbonyl (C=O) groups is 1. The first-order valence-electron chi connectivity index (χ1n) is 26.5. The molecule has 0 unspecified atom stereocenters. The Hall–Kier alpha value is -1.49. The second kappa shape index (κ2) is 70.5. The largest absolute Gasteiger partial charge is 0.379 e. The van der Waals surface area contributed by atoms with Crippen molar-refractivity contribution in [3.63, 3.8) is 0 Å². The van der Waals surface area contributed by atoms with Gasteiger partial charge in [-0.25, -0.2) is 0 Å². The maximum absolute atomic E-state index is 10.6. The van der Waals surface area contributed by atoms with Crippen LogP contribution in [-0.4, -0.2) is 316 Å². The second-order valence-corrected chi connectivity index (χ2v) is 15.1. The van der Waals surface area contributed by atoms with Crippen LogP contribution in [-0.2, 0) is 114 Å². The van der Waals surface area contributed by atoms with Crippen molar-refractivity contribution in [2.45, 2.75) is 6.42 Å². The molecule has 0 aromatic rings. The summed E-state index contributed by atoms with van der Waals surface area (Å²) in [5.41, 5.74) is 10.4. The lowest BCUT2D eigenvalue weighted by Crippen LogP contribution is -2.16. The van der Waals surface area contributed by atoms with Crippen molar-refractivity contribution in [3.05, 3.63) is 0 Å². The van der Waals surface area contributed by atoms with Crippen LogP contribution in [0.2, 0.25) is 0 Å². The van der Waals surface area contributed by atoms with Crippen LogP contribution in [0, 0.1) is 0 Å². The molecule has 0 saturated carbocycles. The van der Waals surface area contributed by atoms with Crippen molar-refractivity contribution in [3.8, 4) is 0 Å². The van der Waals surface area contributed by atoms with E-state index in [1.165, 1.54) is 0 Å². The monoisotopic (exact) mass is 1100 g/mol. The molecule has 0 fully saturated rings. The molecule has 0 rings (SSSR count). The Kier molecular flexibility index (Phi) is 69.1. The molecule has 26 nitrogen and oxygen atoms in total. The molecule has 0 spiro atoms. The number of hydrogen-bond acceptors (Lipinski definition) is 25. The number of rotatable bonds is 71. The van der Waals surface area contributed by atoms with Crippen molar-refractivity contribution >= 4 is 5.91 Å². The molecule has 0 aromatic carbocycles. The molecule has 0 aliphatic rings.